The van der Waals surface area contributed by atoms with Crippen LogP contribution in [0.3, 0.4) is 0 Å². The van der Waals surface area contributed by atoms with Gasteiger partial charge >= 0.3 is 0 Å². The molecule has 2 aromatic rings. The molecule has 1 aromatic heterocycles. The summed E-state index contributed by atoms with van der Waals surface area (Å²) >= 11 is 0. The number of halogens is 1. The second kappa shape index (κ2) is 8.25. The summed E-state index contributed by atoms with van der Waals surface area (Å²) in [5.41, 5.74) is 3.68. The minimum Gasteiger partial charge on any atom is -0.350 e. The molecule has 1 aromatic carbocycles. The van der Waals surface area contributed by atoms with E-state index in [1.165, 1.54) is 12.1 Å². The lowest BCUT2D eigenvalue weighted by atomic mass is 10.0. The Morgan fingerprint density at radius 3 is 2.68 bits per heavy atom. The van der Waals surface area contributed by atoms with Gasteiger partial charge in [-0.1, -0.05) is 19.1 Å². The third-order valence-corrected chi connectivity index (χ3v) is 4.34. The zero-order valence-electron chi connectivity index (χ0n) is 15.6. The number of rotatable bonds is 7. The van der Waals surface area contributed by atoms with Gasteiger partial charge < -0.3 is 5.32 Å². The summed E-state index contributed by atoms with van der Waals surface area (Å²) in [5, 5.41) is 7.51. The van der Waals surface area contributed by atoms with Gasteiger partial charge in [-0.3, -0.25) is 14.4 Å². The number of hydrogen-bond acceptors (Lipinski definition) is 3. The molecule has 0 fully saturated rings. The number of benzene rings is 1. The molecule has 0 unspecified atom stereocenters. The van der Waals surface area contributed by atoms with Gasteiger partial charge in [-0.2, -0.15) is 5.10 Å². The number of hydrogen-bond donors (Lipinski definition) is 1. The SMILES string of the molecule is CCCn1nc(C)c(CNC(=O)[C@@H](c2cccc(F)c2)N(C)C)c1C. The average molecular weight is 346 g/mol. The Bertz CT molecular complexity index is 739. The van der Waals surface area contributed by atoms with Crippen LogP contribution in [0.4, 0.5) is 4.39 Å². The van der Waals surface area contributed by atoms with Crippen LogP contribution in [0.25, 0.3) is 0 Å². The van der Waals surface area contributed by atoms with Crippen molar-refractivity contribution < 1.29 is 9.18 Å². The highest BCUT2D eigenvalue weighted by Gasteiger charge is 2.23. The number of nitrogens with one attached hydrogen (secondary N) is 1. The number of amides is 1. The summed E-state index contributed by atoms with van der Waals surface area (Å²) in [6.07, 6.45) is 1.01. The first-order valence-corrected chi connectivity index (χ1v) is 8.57. The molecule has 0 aliphatic heterocycles. The maximum Gasteiger partial charge on any atom is 0.242 e. The molecule has 0 aliphatic rings. The van der Waals surface area contributed by atoms with E-state index in [0.29, 0.717) is 12.1 Å². The number of carbonyl (C=O) groups excluding carboxylic acids is 1. The van der Waals surface area contributed by atoms with Gasteiger partial charge in [0.05, 0.1) is 5.69 Å². The van der Waals surface area contributed by atoms with Crippen LogP contribution in [0, 0.1) is 19.7 Å². The van der Waals surface area contributed by atoms with Crippen molar-refractivity contribution in [3.63, 3.8) is 0 Å². The highest BCUT2D eigenvalue weighted by Crippen LogP contribution is 2.20. The van der Waals surface area contributed by atoms with E-state index < -0.39 is 6.04 Å². The molecule has 136 valence electrons. The minimum absolute atomic E-state index is 0.155. The molecule has 0 bridgehead atoms. The quantitative estimate of drug-likeness (QED) is 0.838. The van der Waals surface area contributed by atoms with Gasteiger partial charge in [0.1, 0.15) is 11.9 Å². The molecule has 0 spiro atoms. The average Bonchev–Trinajstić information content (AvgIpc) is 2.80. The summed E-state index contributed by atoms with van der Waals surface area (Å²) in [5.74, 6) is -0.498. The number of carbonyl (C=O) groups is 1. The fourth-order valence-electron chi connectivity index (χ4n) is 3.05. The van der Waals surface area contributed by atoms with E-state index in [4.69, 9.17) is 0 Å². The van der Waals surface area contributed by atoms with Crippen molar-refractivity contribution in [2.45, 2.75) is 46.3 Å². The second-order valence-electron chi connectivity index (χ2n) is 6.51. The Morgan fingerprint density at radius 2 is 2.08 bits per heavy atom. The number of nitrogens with zero attached hydrogens (tertiary/aromatic N) is 3. The number of aromatic nitrogens is 2. The Hall–Kier alpha value is -2.21. The second-order valence-corrected chi connectivity index (χ2v) is 6.51. The molecule has 0 radical (unpaired) electrons. The molecule has 0 saturated heterocycles. The van der Waals surface area contributed by atoms with Crippen LogP contribution in [0.5, 0.6) is 0 Å². The van der Waals surface area contributed by atoms with Crippen LogP contribution in [0.2, 0.25) is 0 Å². The van der Waals surface area contributed by atoms with Gasteiger partial charge in [-0.15, -0.1) is 0 Å². The zero-order chi connectivity index (χ0) is 18.6. The van der Waals surface area contributed by atoms with Crippen LogP contribution in [-0.4, -0.2) is 34.7 Å². The first-order chi connectivity index (χ1) is 11.8. The summed E-state index contributed by atoms with van der Waals surface area (Å²) in [6.45, 7) is 7.37. The van der Waals surface area contributed by atoms with Gasteiger partial charge in [0.25, 0.3) is 0 Å². The molecular weight excluding hydrogens is 319 g/mol. The number of aryl methyl sites for hydroxylation is 2. The van der Waals surface area contributed by atoms with Crippen molar-refractivity contribution in [3.8, 4) is 0 Å². The van der Waals surface area contributed by atoms with E-state index in [0.717, 1.165) is 29.9 Å². The standard InChI is InChI=1S/C19H27FN4O/c1-6-10-24-14(3)17(13(2)22-24)12-21-19(25)18(23(4)5)15-8-7-9-16(20)11-15/h7-9,11,18H,6,10,12H2,1-5H3,(H,21,25)/t18-/m1/s1. The van der Waals surface area contributed by atoms with Gasteiger partial charge in [-0.05, 0) is 52.1 Å². The Balaban J connectivity index is 2.15. The highest BCUT2D eigenvalue weighted by atomic mass is 19.1. The van der Waals surface area contributed by atoms with Crippen molar-refractivity contribution >= 4 is 5.91 Å². The van der Waals surface area contributed by atoms with Crippen LogP contribution in [0.15, 0.2) is 24.3 Å². The molecule has 1 heterocycles. The third kappa shape index (κ3) is 4.45. The Kier molecular flexibility index (Phi) is 6.31. The first-order valence-electron chi connectivity index (χ1n) is 8.57. The maximum absolute atomic E-state index is 13.5. The van der Waals surface area contributed by atoms with Crippen molar-refractivity contribution in [1.82, 2.24) is 20.0 Å². The van der Waals surface area contributed by atoms with E-state index in [1.807, 2.05) is 32.6 Å². The van der Waals surface area contributed by atoms with Gasteiger partial charge in [0.2, 0.25) is 5.91 Å². The fourth-order valence-corrected chi connectivity index (χ4v) is 3.05. The lowest BCUT2D eigenvalue weighted by molar-refractivity contribution is -0.125. The van der Waals surface area contributed by atoms with E-state index in [2.05, 4.69) is 17.3 Å². The van der Waals surface area contributed by atoms with Crippen LogP contribution >= 0.6 is 0 Å². The molecule has 5 nitrogen and oxygen atoms in total. The Labute approximate surface area is 148 Å². The van der Waals surface area contributed by atoms with Crippen molar-refractivity contribution in [1.29, 1.82) is 0 Å². The van der Waals surface area contributed by atoms with Crippen molar-refractivity contribution in [2.75, 3.05) is 14.1 Å². The molecule has 1 atom stereocenters. The van der Waals surface area contributed by atoms with Gasteiger partial charge in [0, 0.05) is 24.3 Å². The van der Waals surface area contributed by atoms with E-state index in [9.17, 15) is 9.18 Å². The molecule has 2 rings (SSSR count). The highest BCUT2D eigenvalue weighted by molar-refractivity contribution is 5.83. The van der Waals surface area contributed by atoms with Gasteiger partial charge in [-0.25, -0.2) is 4.39 Å². The summed E-state index contributed by atoms with van der Waals surface area (Å²) in [6, 6.07) is 5.63. The van der Waals surface area contributed by atoms with Crippen molar-refractivity contribution in [2.24, 2.45) is 0 Å². The Morgan fingerprint density at radius 1 is 1.36 bits per heavy atom. The molecular formula is C19H27FN4O. The van der Waals surface area contributed by atoms with Crippen LogP contribution in [-0.2, 0) is 17.9 Å². The summed E-state index contributed by atoms with van der Waals surface area (Å²) in [7, 11) is 3.62. The molecule has 1 amide bonds. The predicted molar refractivity (Wildman–Crippen MR) is 96.7 cm³/mol. The van der Waals surface area contributed by atoms with Gasteiger partial charge in [0.15, 0.2) is 0 Å². The topological polar surface area (TPSA) is 50.2 Å². The smallest absolute Gasteiger partial charge is 0.242 e. The lowest BCUT2D eigenvalue weighted by Gasteiger charge is -2.24. The molecule has 6 heteroatoms. The fraction of sp³-hybridized carbons (Fsp3) is 0.474. The normalized spacial score (nSPS) is 12.4. The third-order valence-electron chi connectivity index (χ3n) is 4.34. The maximum atomic E-state index is 13.5. The number of likely N-dealkylation sites (N-methyl/N-ethyl adjacent to an activating group) is 1. The molecule has 1 N–H and O–H groups in total. The monoisotopic (exact) mass is 346 g/mol. The molecule has 0 saturated carbocycles. The minimum atomic E-state index is -0.540. The van der Waals surface area contributed by atoms with Crippen LogP contribution in [0.1, 0.15) is 41.9 Å². The van der Waals surface area contributed by atoms with E-state index in [-0.39, 0.29) is 11.7 Å². The molecule has 0 aliphatic carbocycles. The van der Waals surface area contributed by atoms with E-state index >= 15 is 0 Å². The summed E-state index contributed by atoms with van der Waals surface area (Å²) < 4.78 is 15.5. The van der Waals surface area contributed by atoms with Crippen LogP contribution < -0.4 is 5.32 Å². The lowest BCUT2D eigenvalue weighted by Crippen LogP contribution is -2.37. The molecule has 25 heavy (non-hydrogen) atoms. The largest absolute Gasteiger partial charge is 0.350 e. The summed E-state index contributed by atoms with van der Waals surface area (Å²) in [4.78, 5) is 14.5. The van der Waals surface area contributed by atoms with Crippen molar-refractivity contribution in [3.05, 3.63) is 52.6 Å². The zero-order valence-corrected chi connectivity index (χ0v) is 15.6. The first kappa shape index (κ1) is 19.1. The predicted octanol–water partition coefficient (Wildman–Crippen LogP) is 2.97. The van der Waals surface area contributed by atoms with E-state index in [1.54, 1.807) is 17.0 Å².